The Bertz CT molecular complexity index is 550. The van der Waals surface area contributed by atoms with E-state index in [2.05, 4.69) is 11.9 Å². The van der Waals surface area contributed by atoms with E-state index in [1.54, 1.807) is 0 Å². The number of carbonyl (C=O) groups excluding carboxylic acids is 1. The molecule has 1 heterocycles. The van der Waals surface area contributed by atoms with Crippen molar-refractivity contribution in [3.05, 3.63) is 52.8 Å². The van der Waals surface area contributed by atoms with Crippen molar-refractivity contribution >= 4 is 6.29 Å². The average molecular weight is 225 g/mol. The van der Waals surface area contributed by atoms with Gasteiger partial charge in [-0.05, 0) is 38.0 Å². The summed E-state index contributed by atoms with van der Waals surface area (Å²) in [6.07, 6.45) is 0.897. The average Bonchev–Trinajstić information content (AvgIpc) is 2.28. The largest absolute Gasteiger partial charge is 0.298 e. The van der Waals surface area contributed by atoms with Crippen LogP contribution >= 0.6 is 0 Å². The van der Waals surface area contributed by atoms with Crippen LogP contribution < -0.4 is 0 Å². The molecule has 0 aliphatic heterocycles. The highest BCUT2D eigenvalue weighted by molar-refractivity contribution is 5.89. The Kier molecular flexibility index (Phi) is 3.05. The summed E-state index contributed by atoms with van der Waals surface area (Å²) >= 11 is 0. The fourth-order valence-corrected chi connectivity index (χ4v) is 2.26. The van der Waals surface area contributed by atoms with Gasteiger partial charge in [0.05, 0.1) is 0 Å². The van der Waals surface area contributed by atoms with Crippen LogP contribution in [0.4, 0.5) is 0 Å². The molecule has 86 valence electrons. The van der Waals surface area contributed by atoms with Crippen molar-refractivity contribution in [3.8, 4) is 11.1 Å². The van der Waals surface area contributed by atoms with Crippen molar-refractivity contribution in [1.82, 2.24) is 4.98 Å². The number of nitrogens with zero attached hydrogens (tertiary/aromatic N) is 1. The van der Waals surface area contributed by atoms with Crippen LogP contribution in [0, 0.1) is 20.8 Å². The summed E-state index contributed by atoms with van der Waals surface area (Å²) in [6, 6.07) is 9.67. The zero-order chi connectivity index (χ0) is 12.4. The van der Waals surface area contributed by atoms with Crippen LogP contribution in [0.2, 0.25) is 0 Å². The van der Waals surface area contributed by atoms with Gasteiger partial charge < -0.3 is 0 Å². The Morgan fingerprint density at radius 1 is 1.12 bits per heavy atom. The van der Waals surface area contributed by atoms with E-state index in [9.17, 15) is 4.79 Å². The number of benzene rings is 1. The molecule has 2 rings (SSSR count). The lowest BCUT2D eigenvalue weighted by molar-refractivity contribution is 0.112. The molecule has 1 aromatic carbocycles. The number of pyridine rings is 1. The number of aromatic nitrogens is 1. The summed E-state index contributed by atoms with van der Waals surface area (Å²) in [5.41, 5.74) is 5.88. The first kappa shape index (κ1) is 11.5. The van der Waals surface area contributed by atoms with Crippen molar-refractivity contribution in [2.45, 2.75) is 20.8 Å². The maximum atomic E-state index is 11.1. The van der Waals surface area contributed by atoms with Gasteiger partial charge in [0.1, 0.15) is 0 Å². The fourth-order valence-electron chi connectivity index (χ4n) is 2.26. The van der Waals surface area contributed by atoms with E-state index in [0.29, 0.717) is 5.56 Å². The van der Waals surface area contributed by atoms with Gasteiger partial charge in [-0.25, -0.2) is 0 Å². The first-order valence-electron chi connectivity index (χ1n) is 5.63. The molecule has 17 heavy (non-hydrogen) atoms. The van der Waals surface area contributed by atoms with Gasteiger partial charge in [0.2, 0.25) is 0 Å². The normalized spacial score (nSPS) is 10.3. The minimum atomic E-state index is 0.712. The molecule has 0 atom stereocenters. The van der Waals surface area contributed by atoms with Crippen LogP contribution in [0.3, 0.4) is 0 Å². The van der Waals surface area contributed by atoms with Gasteiger partial charge in [0.25, 0.3) is 0 Å². The van der Waals surface area contributed by atoms with E-state index >= 15 is 0 Å². The monoisotopic (exact) mass is 225 g/mol. The maximum absolute atomic E-state index is 11.1. The lowest BCUT2D eigenvalue weighted by atomic mass is 9.95. The molecule has 0 saturated carbocycles. The second kappa shape index (κ2) is 4.50. The Morgan fingerprint density at radius 3 is 2.47 bits per heavy atom. The van der Waals surface area contributed by atoms with Crippen LogP contribution in [0.25, 0.3) is 11.1 Å². The number of rotatable bonds is 2. The second-order valence-corrected chi connectivity index (χ2v) is 4.25. The highest BCUT2D eigenvalue weighted by atomic mass is 16.1. The Hall–Kier alpha value is -1.96. The molecule has 0 saturated heterocycles. The summed E-state index contributed by atoms with van der Waals surface area (Å²) < 4.78 is 0. The van der Waals surface area contributed by atoms with E-state index < -0.39 is 0 Å². The molecular weight excluding hydrogens is 210 g/mol. The first-order valence-corrected chi connectivity index (χ1v) is 5.63. The van der Waals surface area contributed by atoms with Gasteiger partial charge in [-0.2, -0.15) is 0 Å². The molecule has 2 aromatic rings. The van der Waals surface area contributed by atoms with Crippen molar-refractivity contribution < 1.29 is 4.79 Å². The number of aryl methyl sites for hydroxylation is 3. The predicted octanol–water partition coefficient (Wildman–Crippen LogP) is 3.49. The molecule has 0 bridgehead atoms. The third kappa shape index (κ3) is 2.11. The second-order valence-electron chi connectivity index (χ2n) is 4.25. The molecule has 0 N–H and O–H groups in total. The van der Waals surface area contributed by atoms with Gasteiger partial charge in [-0.3, -0.25) is 9.78 Å². The van der Waals surface area contributed by atoms with Crippen LogP contribution in [-0.2, 0) is 0 Å². The number of aldehydes is 1. The third-order valence-electron chi connectivity index (χ3n) is 2.88. The highest BCUT2D eigenvalue weighted by Gasteiger charge is 2.10. The van der Waals surface area contributed by atoms with Gasteiger partial charge in [0.15, 0.2) is 6.29 Å². The van der Waals surface area contributed by atoms with Crippen molar-refractivity contribution in [2.24, 2.45) is 0 Å². The SMILES string of the molecule is Cc1cc(C)c(-c2ccccc2C=O)c(C)n1. The van der Waals surface area contributed by atoms with E-state index in [4.69, 9.17) is 0 Å². The molecule has 0 radical (unpaired) electrons. The number of hydrogen-bond acceptors (Lipinski definition) is 2. The van der Waals surface area contributed by atoms with E-state index in [-0.39, 0.29) is 0 Å². The van der Waals surface area contributed by atoms with Gasteiger partial charge in [0, 0.05) is 22.5 Å². The third-order valence-corrected chi connectivity index (χ3v) is 2.88. The highest BCUT2D eigenvalue weighted by Crippen LogP contribution is 2.28. The molecule has 2 nitrogen and oxygen atoms in total. The van der Waals surface area contributed by atoms with Gasteiger partial charge in [-0.1, -0.05) is 24.3 Å². The molecule has 0 unspecified atom stereocenters. The molecule has 1 aromatic heterocycles. The standard InChI is InChI=1S/C15H15NO/c1-10-8-11(2)16-12(3)15(10)14-7-5-4-6-13(14)9-17/h4-9H,1-3H3. The van der Waals surface area contributed by atoms with Crippen molar-refractivity contribution in [2.75, 3.05) is 0 Å². The minimum Gasteiger partial charge on any atom is -0.298 e. The molecule has 0 spiro atoms. The summed E-state index contributed by atoms with van der Waals surface area (Å²) in [5, 5.41) is 0. The van der Waals surface area contributed by atoms with Crippen LogP contribution in [0.1, 0.15) is 27.3 Å². The van der Waals surface area contributed by atoms with Gasteiger partial charge in [-0.15, -0.1) is 0 Å². The first-order chi connectivity index (χ1) is 8.13. The summed E-state index contributed by atoms with van der Waals surface area (Å²) in [4.78, 5) is 15.5. The quantitative estimate of drug-likeness (QED) is 0.732. The number of hydrogen-bond donors (Lipinski definition) is 0. The molecular formula is C15H15NO. The molecule has 0 aliphatic carbocycles. The van der Waals surface area contributed by atoms with E-state index in [1.807, 2.05) is 44.2 Å². The zero-order valence-corrected chi connectivity index (χ0v) is 10.3. The number of carbonyl (C=O) groups is 1. The molecule has 0 aliphatic rings. The van der Waals surface area contributed by atoms with Crippen LogP contribution in [0.15, 0.2) is 30.3 Å². The zero-order valence-electron chi connectivity index (χ0n) is 10.3. The van der Waals surface area contributed by atoms with Crippen LogP contribution in [0.5, 0.6) is 0 Å². The molecule has 0 fully saturated rings. The maximum Gasteiger partial charge on any atom is 0.150 e. The Balaban J connectivity index is 2.72. The topological polar surface area (TPSA) is 30.0 Å². The summed E-state index contributed by atoms with van der Waals surface area (Å²) in [5.74, 6) is 0. The van der Waals surface area contributed by atoms with E-state index in [1.165, 1.54) is 0 Å². The lowest BCUT2D eigenvalue weighted by Gasteiger charge is -2.12. The summed E-state index contributed by atoms with van der Waals surface area (Å²) in [6.45, 7) is 6.02. The van der Waals surface area contributed by atoms with E-state index in [0.717, 1.165) is 34.4 Å². The summed E-state index contributed by atoms with van der Waals surface area (Å²) in [7, 11) is 0. The Morgan fingerprint density at radius 2 is 1.82 bits per heavy atom. The minimum absolute atomic E-state index is 0.712. The van der Waals surface area contributed by atoms with Crippen LogP contribution in [-0.4, -0.2) is 11.3 Å². The lowest BCUT2D eigenvalue weighted by Crippen LogP contribution is -1.97. The smallest absolute Gasteiger partial charge is 0.150 e. The molecule has 2 heteroatoms. The van der Waals surface area contributed by atoms with Crippen molar-refractivity contribution in [3.63, 3.8) is 0 Å². The van der Waals surface area contributed by atoms with Gasteiger partial charge >= 0.3 is 0 Å². The Labute approximate surface area is 101 Å². The molecule has 0 amide bonds. The fraction of sp³-hybridized carbons (Fsp3) is 0.200. The predicted molar refractivity (Wildman–Crippen MR) is 69.3 cm³/mol. The van der Waals surface area contributed by atoms with Crippen molar-refractivity contribution in [1.29, 1.82) is 0 Å².